The molecule has 5 rings (SSSR count). The highest BCUT2D eigenvalue weighted by atomic mass is 32.1. The van der Waals surface area contributed by atoms with Gasteiger partial charge in [0.2, 0.25) is 0 Å². The van der Waals surface area contributed by atoms with Gasteiger partial charge in [-0.25, -0.2) is 4.98 Å². The molecule has 1 aromatic heterocycles. The maximum Gasteiger partial charge on any atom is 0.251 e. The average molecular weight is 356 g/mol. The van der Waals surface area contributed by atoms with E-state index in [1.54, 1.807) is 11.3 Å². The molecule has 2 aromatic rings. The fourth-order valence-corrected chi connectivity index (χ4v) is 5.74. The van der Waals surface area contributed by atoms with E-state index < -0.39 is 0 Å². The number of nitrogens with one attached hydrogen (secondary N) is 2. The SMILES string of the molecule is O=C(NC1CCCC1)c1ccc2nc(N3C4CCC3CNC4)sc2c1. The van der Waals surface area contributed by atoms with Gasteiger partial charge in [-0.3, -0.25) is 4.79 Å². The van der Waals surface area contributed by atoms with Crippen molar-refractivity contribution in [2.24, 2.45) is 0 Å². The van der Waals surface area contributed by atoms with Crippen LogP contribution in [0.25, 0.3) is 10.2 Å². The van der Waals surface area contributed by atoms with Crippen molar-refractivity contribution in [2.75, 3.05) is 18.0 Å². The number of thiazole rings is 1. The maximum atomic E-state index is 12.5. The van der Waals surface area contributed by atoms with E-state index in [9.17, 15) is 4.79 Å². The van der Waals surface area contributed by atoms with Gasteiger partial charge in [-0.15, -0.1) is 0 Å². The molecule has 132 valence electrons. The van der Waals surface area contributed by atoms with E-state index in [0.29, 0.717) is 18.1 Å². The molecule has 3 aliphatic rings. The Morgan fingerprint density at radius 2 is 1.92 bits per heavy atom. The number of amides is 1. The molecule has 5 nitrogen and oxygen atoms in total. The summed E-state index contributed by atoms with van der Waals surface area (Å²) < 4.78 is 1.12. The number of anilines is 1. The fraction of sp³-hybridized carbons (Fsp3) is 0.579. The van der Waals surface area contributed by atoms with Gasteiger partial charge in [0, 0.05) is 36.8 Å². The van der Waals surface area contributed by atoms with Gasteiger partial charge in [-0.2, -0.15) is 0 Å². The fourth-order valence-electron chi connectivity index (χ4n) is 4.59. The zero-order chi connectivity index (χ0) is 16.8. The third-order valence-corrected chi connectivity index (χ3v) is 6.96. The van der Waals surface area contributed by atoms with E-state index in [2.05, 4.69) is 15.5 Å². The van der Waals surface area contributed by atoms with Gasteiger partial charge >= 0.3 is 0 Å². The molecule has 1 aliphatic carbocycles. The summed E-state index contributed by atoms with van der Waals surface area (Å²) in [5.41, 5.74) is 1.77. The third-order valence-electron chi connectivity index (χ3n) is 5.93. The highest BCUT2D eigenvalue weighted by Crippen LogP contribution is 2.37. The molecule has 2 aliphatic heterocycles. The van der Waals surface area contributed by atoms with Crippen molar-refractivity contribution in [3.63, 3.8) is 0 Å². The summed E-state index contributed by atoms with van der Waals surface area (Å²) in [6, 6.07) is 7.45. The van der Waals surface area contributed by atoms with Crippen molar-refractivity contribution >= 4 is 32.6 Å². The van der Waals surface area contributed by atoms with Crippen molar-refractivity contribution in [3.05, 3.63) is 23.8 Å². The van der Waals surface area contributed by atoms with E-state index in [1.165, 1.54) is 25.7 Å². The van der Waals surface area contributed by atoms with Crippen LogP contribution < -0.4 is 15.5 Å². The Morgan fingerprint density at radius 1 is 1.16 bits per heavy atom. The highest BCUT2D eigenvalue weighted by Gasteiger charge is 2.38. The standard InChI is InChI=1S/C19H24N4OS/c24-18(21-13-3-1-2-4-13)12-5-8-16-17(9-12)25-19(22-16)23-14-6-7-15(23)11-20-10-14/h5,8-9,13-15,20H,1-4,6-7,10-11H2,(H,21,24). The normalized spacial score (nSPS) is 26.5. The van der Waals surface area contributed by atoms with Crippen LogP contribution in [0.1, 0.15) is 48.9 Å². The summed E-state index contributed by atoms with van der Waals surface area (Å²) in [5.74, 6) is 0.0611. The molecule has 2 atom stereocenters. The first kappa shape index (κ1) is 15.6. The number of aromatic nitrogens is 1. The Bertz CT molecular complexity index is 782. The Balaban J connectivity index is 1.40. The summed E-state index contributed by atoms with van der Waals surface area (Å²) in [7, 11) is 0. The first-order valence-corrected chi connectivity index (χ1v) is 10.3. The molecule has 6 heteroatoms. The lowest BCUT2D eigenvalue weighted by molar-refractivity contribution is 0.0938. The predicted octanol–water partition coefficient (Wildman–Crippen LogP) is 2.91. The summed E-state index contributed by atoms with van der Waals surface area (Å²) >= 11 is 1.73. The van der Waals surface area contributed by atoms with Gasteiger partial charge in [0.05, 0.1) is 10.2 Å². The number of carbonyl (C=O) groups excluding carboxylic acids is 1. The Morgan fingerprint density at radius 3 is 2.68 bits per heavy atom. The lowest BCUT2D eigenvalue weighted by Gasteiger charge is -2.35. The largest absolute Gasteiger partial charge is 0.349 e. The van der Waals surface area contributed by atoms with Gasteiger partial charge in [0.1, 0.15) is 0 Å². The Kier molecular flexibility index (Phi) is 3.90. The van der Waals surface area contributed by atoms with Crippen LogP contribution in [0, 0.1) is 0 Å². The first-order chi connectivity index (χ1) is 12.3. The van der Waals surface area contributed by atoms with Crippen LogP contribution in [0.15, 0.2) is 18.2 Å². The van der Waals surface area contributed by atoms with E-state index in [0.717, 1.165) is 46.8 Å². The highest BCUT2D eigenvalue weighted by molar-refractivity contribution is 7.22. The number of fused-ring (bicyclic) bond motifs is 3. The van der Waals surface area contributed by atoms with E-state index in [-0.39, 0.29) is 5.91 Å². The lowest BCUT2D eigenvalue weighted by Crippen LogP contribution is -2.51. The number of benzene rings is 1. The molecule has 2 N–H and O–H groups in total. The second-order valence-electron chi connectivity index (χ2n) is 7.58. The topological polar surface area (TPSA) is 57.3 Å². The second kappa shape index (κ2) is 6.25. The summed E-state index contributed by atoms with van der Waals surface area (Å²) in [4.78, 5) is 19.9. The Labute approximate surface area is 151 Å². The van der Waals surface area contributed by atoms with Crippen molar-refractivity contribution in [2.45, 2.75) is 56.7 Å². The zero-order valence-corrected chi connectivity index (χ0v) is 15.1. The summed E-state index contributed by atoms with van der Waals surface area (Å²) in [6.45, 7) is 2.11. The smallest absolute Gasteiger partial charge is 0.251 e. The van der Waals surface area contributed by atoms with Crippen molar-refractivity contribution in [1.82, 2.24) is 15.6 Å². The van der Waals surface area contributed by atoms with Gasteiger partial charge in [-0.05, 0) is 43.9 Å². The second-order valence-corrected chi connectivity index (χ2v) is 8.59. The van der Waals surface area contributed by atoms with Gasteiger partial charge in [-0.1, -0.05) is 24.2 Å². The molecule has 1 aromatic carbocycles. The van der Waals surface area contributed by atoms with Gasteiger partial charge in [0.15, 0.2) is 5.13 Å². The van der Waals surface area contributed by atoms with Gasteiger partial charge < -0.3 is 15.5 Å². The molecule has 3 heterocycles. The molecular weight excluding hydrogens is 332 g/mol. The number of hydrogen-bond acceptors (Lipinski definition) is 5. The van der Waals surface area contributed by atoms with Crippen molar-refractivity contribution < 1.29 is 4.79 Å². The van der Waals surface area contributed by atoms with Crippen LogP contribution in [0.3, 0.4) is 0 Å². The van der Waals surface area contributed by atoms with Crippen molar-refractivity contribution in [1.29, 1.82) is 0 Å². The predicted molar refractivity (Wildman–Crippen MR) is 102 cm³/mol. The molecular formula is C19H24N4OS. The van der Waals surface area contributed by atoms with E-state index >= 15 is 0 Å². The monoisotopic (exact) mass is 356 g/mol. The maximum absolute atomic E-state index is 12.5. The molecule has 2 saturated heterocycles. The lowest BCUT2D eigenvalue weighted by atomic mass is 10.1. The minimum atomic E-state index is 0.0611. The van der Waals surface area contributed by atoms with Crippen LogP contribution in [-0.2, 0) is 0 Å². The molecule has 0 spiro atoms. The molecule has 3 fully saturated rings. The minimum Gasteiger partial charge on any atom is -0.349 e. The molecule has 2 bridgehead atoms. The molecule has 25 heavy (non-hydrogen) atoms. The van der Waals surface area contributed by atoms with Crippen LogP contribution in [0.2, 0.25) is 0 Å². The number of rotatable bonds is 3. The Hall–Kier alpha value is -1.66. The molecule has 1 saturated carbocycles. The molecule has 1 amide bonds. The van der Waals surface area contributed by atoms with Crippen LogP contribution in [0.4, 0.5) is 5.13 Å². The summed E-state index contributed by atoms with van der Waals surface area (Å²) in [6.07, 6.45) is 7.20. The first-order valence-electron chi connectivity index (χ1n) is 9.48. The number of carbonyl (C=O) groups is 1. The number of hydrogen-bond donors (Lipinski definition) is 2. The quantitative estimate of drug-likeness (QED) is 0.888. The molecule has 0 radical (unpaired) electrons. The van der Waals surface area contributed by atoms with E-state index in [4.69, 9.17) is 4.98 Å². The average Bonchev–Trinajstić information content (AvgIpc) is 3.32. The third kappa shape index (κ3) is 2.81. The van der Waals surface area contributed by atoms with Gasteiger partial charge in [0.25, 0.3) is 5.91 Å². The minimum absolute atomic E-state index is 0.0611. The zero-order valence-electron chi connectivity index (χ0n) is 14.3. The van der Waals surface area contributed by atoms with Crippen LogP contribution >= 0.6 is 11.3 Å². The van der Waals surface area contributed by atoms with E-state index in [1.807, 2.05) is 18.2 Å². The van der Waals surface area contributed by atoms with Crippen LogP contribution in [0.5, 0.6) is 0 Å². The number of nitrogens with zero attached hydrogens (tertiary/aromatic N) is 2. The number of piperazine rings is 1. The van der Waals surface area contributed by atoms with Crippen LogP contribution in [-0.4, -0.2) is 42.1 Å². The van der Waals surface area contributed by atoms with Crippen molar-refractivity contribution in [3.8, 4) is 0 Å². The molecule has 2 unspecified atom stereocenters. The summed E-state index contributed by atoms with van der Waals surface area (Å²) in [5, 5.41) is 7.82.